The summed E-state index contributed by atoms with van der Waals surface area (Å²) in [5.41, 5.74) is 7.73. The lowest BCUT2D eigenvalue weighted by Gasteiger charge is -2.63. The topological polar surface area (TPSA) is 48.5 Å². The molecule has 0 saturated carbocycles. The molecule has 0 radical (unpaired) electrons. The Hall–Kier alpha value is -1.31. The van der Waals surface area contributed by atoms with Crippen molar-refractivity contribution in [1.29, 1.82) is 0 Å². The fraction of sp³-hybridized carbons (Fsp3) is 0.500. The minimum Gasteiger partial charge on any atom is -0.427 e. The van der Waals surface area contributed by atoms with E-state index in [0.29, 0.717) is 6.42 Å². The molecule has 1 fully saturated rings. The molecular formula is C24H29IN2O2. The Labute approximate surface area is 187 Å². The Morgan fingerprint density at radius 1 is 1.34 bits per heavy atom. The lowest BCUT2D eigenvalue weighted by atomic mass is 9.49. The summed E-state index contributed by atoms with van der Waals surface area (Å²) in [7, 11) is 0. The molecule has 5 rings (SSSR count). The molecule has 2 aromatic rings. The van der Waals surface area contributed by atoms with Crippen molar-refractivity contribution in [2.75, 3.05) is 13.1 Å². The van der Waals surface area contributed by atoms with Gasteiger partial charge in [0.2, 0.25) is 0 Å². The quantitative estimate of drug-likeness (QED) is 0.486. The van der Waals surface area contributed by atoms with Crippen molar-refractivity contribution in [3.8, 4) is 5.75 Å². The van der Waals surface area contributed by atoms with Gasteiger partial charge in [-0.05, 0) is 62.4 Å². The second kappa shape index (κ2) is 6.59. The van der Waals surface area contributed by atoms with E-state index in [1.54, 1.807) is 0 Å². The zero-order valence-electron chi connectivity index (χ0n) is 17.4. The Kier molecular flexibility index (Phi) is 4.47. The van der Waals surface area contributed by atoms with E-state index < -0.39 is 5.60 Å². The molecule has 1 aliphatic heterocycles. The Bertz CT molecular complexity index is 1010. The van der Waals surface area contributed by atoms with Gasteiger partial charge in [-0.2, -0.15) is 0 Å². The van der Waals surface area contributed by atoms with E-state index in [9.17, 15) is 5.11 Å². The van der Waals surface area contributed by atoms with Gasteiger partial charge in [0.1, 0.15) is 5.75 Å². The number of aliphatic hydroxyl groups is 1. The molecule has 0 amide bonds. The number of hydrogen-bond donors (Lipinski definition) is 2. The number of rotatable bonds is 3. The summed E-state index contributed by atoms with van der Waals surface area (Å²) in [6, 6.07) is 4.52. The van der Waals surface area contributed by atoms with Gasteiger partial charge < -0.3 is 13.2 Å². The van der Waals surface area contributed by atoms with Crippen molar-refractivity contribution in [2.45, 2.75) is 63.5 Å². The first-order valence-electron chi connectivity index (χ1n) is 10.5. The third kappa shape index (κ3) is 2.44. The SMILES string of the molecule is C=CCN1CCC23Cc4[nH]c(C)c(C)c4C[C@@]2(O)C1Cc1ccc(C)c(OI)c13. The molecule has 3 atom stereocenters. The molecule has 2 aliphatic carbocycles. The summed E-state index contributed by atoms with van der Waals surface area (Å²) < 4.78 is 5.93. The standard InChI is InChI=1S/C24H29IN2O2/c1-5-9-27-10-8-23-13-19-18(15(3)16(4)26-19)12-24(23,28)20(27)11-17-7-6-14(2)22(29-25)21(17)23/h5-7,20,26,28H,1,8-13H2,2-4H3/t20?,23?,24-/m1/s1. The van der Waals surface area contributed by atoms with Crippen LogP contribution < -0.4 is 3.07 Å². The number of aryl methyl sites for hydroxylation is 2. The van der Waals surface area contributed by atoms with Crippen LogP contribution in [-0.2, 0) is 24.7 Å². The van der Waals surface area contributed by atoms with Gasteiger partial charge in [0, 0.05) is 47.8 Å². The second-order valence-electron chi connectivity index (χ2n) is 9.27. The average Bonchev–Trinajstić information content (AvgIpc) is 2.95. The number of fused-ring (bicyclic) bond motifs is 2. The first kappa shape index (κ1) is 19.6. The molecule has 154 valence electrons. The number of aromatic nitrogens is 1. The first-order chi connectivity index (χ1) is 13.9. The van der Waals surface area contributed by atoms with Crippen molar-refractivity contribution in [3.63, 3.8) is 0 Å². The molecule has 0 spiro atoms. The van der Waals surface area contributed by atoms with E-state index in [2.05, 4.69) is 49.4 Å². The molecular weight excluding hydrogens is 475 g/mol. The normalized spacial score (nSPS) is 30.3. The fourth-order valence-electron chi connectivity index (χ4n) is 6.51. The van der Waals surface area contributed by atoms with Crippen molar-refractivity contribution in [3.05, 3.63) is 64.0 Å². The molecule has 1 aromatic heterocycles. The highest BCUT2D eigenvalue weighted by Gasteiger charge is 2.65. The predicted octanol–water partition coefficient (Wildman–Crippen LogP) is 4.25. The maximum atomic E-state index is 12.5. The molecule has 1 aromatic carbocycles. The van der Waals surface area contributed by atoms with Crippen LogP contribution in [0.5, 0.6) is 5.75 Å². The number of hydrogen-bond acceptors (Lipinski definition) is 3. The van der Waals surface area contributed by atoms with E-state index in [1.165, 1.54) is 33.6 Å². The third-order valence-corrected chi connectivity index (χ3v) is 8.50. The van der Waals surface area contributed by atoms with Gasteiger partial charge in [0.05, 0.1) is 5.60 Å². The van der Waals surface area contributed by atoms with E-state index >= 15 is 0 Å². The molecule has 2 unspecified atom stereocenters. The van der Waals surface area contributed by atoms with Crippen molar-refractivity contribution < 1.29 is 8.17 Å². The highest BCUT2D eigenvalue weighted by atomic mass is 127. The van der Waals surface area contributed by atoms with E-state index in [0.717, 1.165) is 43.7 Å². The number of nitrogens with one attached hydrogen (secondary N) is 1. The second-order valence-corrected chi connectivity index (χ2v) is 9.71. The third-order valence-electron chi connectivity index (χ3n) is 8.06. The van der Waals surface area contributed by atoms with Gasteiger partial charge in [-0.25, -0.2) is 0 Å². The molecule has 4 nitrogen and oxygen atoms in total. The number of nitrogens with zero attached hydrogens (tertiary/aromatic N) is 1. The molecule has 29 heavy (non-hydrogen) atoms. The Morgan fingerprint density at radius 3 is 2.86 bits per heavy atom. The summed E-state index contributed by atoms with van der Waals surface area (Å²) in [6.07, 6.45) is 5.29. The van der Waals surface area contributed by atoms with E-state index in [1.807, 2.05) is 29.1 Å². The Morgan fingerprint density at radius 2 is 2.14 bits per heavy atom. The minimum absolute atomic E-state index is 0.0919. The van der Waals surface area contributed by atoms with E-state index in [4.69, 9.17) is 3.07 Å². The van der Waals surface area contributed by atoms with Crippen LogP contribution in [0, 0.1) is 20.8 Å². The smallest absolute Gasteiger partial charge is 0.192 e. The lowest BCUT2D eigenvalue weighted by Crippen LogP contribution is -2.74. The maximum Gasteiger partial charge on any atom is 0.192 e. The minimum atomic E-state index is -0.814. The summed E-state index contributed by atoms with van der Waals surface area (Å²) in [6.45, 7) is 12.2. The van der Waals surface area contributed by atoms with Crippen LogP contribution in [0.3, 0.4) is 0 Å². The number of H-pyrrole nitrogens is 1. The van der Waals surface area contributed by atoms with Crippen molar-refractivity contribution in [1.82, 2.24) is 9.88 Å². The highest BCUT2D eigenvalue weighted by Crippen LogP contribution is 2.59. The van der Waals surface area contributed by atoms with Crippen LogP contribution in [0.1, 0.15) is 45.6 Å². The summed E-state index contributed by atoms with van der Waals surface area (Å²) in [4.78, 5) is 6.09. The van der Waals surface area contributed by atoms with Gasteiger partial charge in [0.25, 0.3) is 0 Å². The van der Waals surface area contributed by atoms with E-state index in [-0.39, 0.29) is 11.5 Å². The van der Waals surface area contributed by atoms with Crippen LogP contribution >= 0.6 is 23.0 Å². The van der Waals surface area contributed by atoms with Crippen LogP contribution in [-0.4, -0.2) is 39.7 Å². The summed E-state index contributed by atoms with van der Waals surface area (Å²) in [5.74, 6) is 0.959. The first-order valence-corrected chi connectivity index (χ1v) is 11.4. The summed E-state index contributed by atoms with van der Waals surface area (Å²) >= 11 is 2.01. The average molecular weight is 504 g/mol. The zero-order valence-corrected chi connectivity index (χ0v) is 19.6. The van der Waals surface area contributed by atoms with Crippen molar-refractivity contribution >= 4 is 23.0 Å². The number of likely N-dealkylation sites (tertiary alicyclic amines) is 1. The summed E-state index contributed by atoms with van der Waals surface area (Å²) in [5, 5.41) is 12.5. The fourth-order valence-corrected chi connectivity index (χ4v) is 7.08. The van der Waals surface area contributed by atoms with Crippen LogP contribution in [0.15, 0.2) is 24.8 Å². The molecule has 1 saturated heterocycles. The largest absolute Gasteiger partial charge is 0.427 e. The van der Waals surface area contributed by atoms with Gasteiger partial charge in [-0.15, -0.1) is 6.58 Å². The maximum absolute atomic E-state index is 12.5. The number of benzene rings is 1. The molecule has 2 heterocycles. The number of aromatic amines is 1. The van der Waals surface area contributed by atoms with Crippen LogP contribution in [0.2, 0.25) is 0 Å². The number of piperidine rings is 1. The molecule has 5 heteroatoms. The van der Waals surface area contributed by atoms with Gasteiger partial charge in [-0.1, -0.05) is 18.2 Å². The monoisotopic (exact) mass is 504 g/mol. The van der Waals surface area contributed by atoms with Crippen LogP contribution in [0.25, 0.3) is 0 Å². The molecule has 3 aliphatic rings. The zero-order chi connectivity index (χ0) is 20.6. The lowest BCUT2D eigenvalue weighted by molar-refractivity contribution is -0.149. The predicted molar refractivity (Wildman–Crippen MR) is 124 cm³/mol. The number of halogens is 1. The van der Waals surface area contributed by atoms with Gasteiger partial charge in [0.15, 0.2) is 23.0 Å². The van der Waals surface area contributed by atoms with Crippen molar-refractivity contribution in [2.24, 2.45) is 0 Å². The van der Waals surface area contributed by atoms with Gasteiger partial charge >= 0.3 is 0 Å². The Balaban J connectivity index is 1.80. The molecule has 2 N–H and O–H groups in total. The highest BCUT2D eigenvalue weighted by molar-refractivity contribution is 14.1. The van der Waals surface area contributed by atoms with Crippen LogP contribution in [0.4, 0.5) is 0 Å². The van der Waals surface area contributed by atoms with Gasteiger partial charge in [-0.3, -0.25) is 4.90 Å². The molecule has 2 bridgehead atoms.